The van der Waals surface area contributed by atoms with Crippen LogP contribution < -0.4 is 10.2 Å². The molecule has 1 aliphatic heterocycles. The fourth-order valence-electron chi connectivity index (χ4n) is 3.15. The zero-order chi connectivity index (χ0) is 19.3. The molecule has 1 aromatic rings. The predicted octanol–water partition coefficient (Wildman–Crippen LogP) is 3.88. The van der Waals surface area contributed by atoms with Crippen molar-refractivity contribution in [3.8, 4) is 0 Å². The molecular formula is C20H28N2O4. The van der Waals surface area contributed by atoms with Gasteiger partial charge in [-0.2, -0.15) is 0 Å². The zero-order valence-corrected chi connectivity index (χ0v) is 15.7. The predicted molar refractivity (Wildman–Crippen MR) is 101 cm³/mol. The Morgan fingerprint density at radius 2 is 2.19 bits per heavy atom. The Labute approximate surface area is 154 Å². The van der Waals surface area contributed by atoms with Gasteiger partial charge in [-0.05, 0) is 57.7 Å². The van der Waals surface area contributed by atoms with Gasteiger partial charge in [0.15, 0.2) is 0 Å². The van der Waals surface area contributed by atoms with Gasteiger partial charge >= 0.3 is 12.1 Å². The first-order valence-corrected chi connectivity index (χ1v) is 8.91. The first-order valence-electron chi connectivity index (χ1n) is 8.91. The highest BCUT2D eigenvalue weighted by Gasteiger charge is 2.31. The second kappa shape index (κ2) is 8.25. The summed E-state index contributed by atoms with van der Waals surface area (Å²) in [5, 5.41) is 12.3. The molecule has 2 atom stereocenters. The van der Waals surface area contributed by atoms with Gasteiger partial charge < -0.3 is 20.1 Å². The third-order valence-electron chi connectivity index (χ3n) is 4.24. The van der Waals surface area contributed by atoms with Gasteiger partial charge in [0.05, 0.1) is 6.04 Å². The Balaban J connectivity index is 2.20. The highest BCUT2D eigenvalue weighted by atomic mass is 16.6. The molecule has 26 heavy (non-hydrogen) atoms. The first kappa shape index (κ1) is 19.8. The van der Waals surface area contributed by atoms with Gasteiger partial charge in [0, 0.05) is 12.2 Å². The van der Waals surface area contributed by atoms with E-state index in [1.807, 2.05) is 49.9 Å². The van der Waals surface area contributed by atoms with E-state index in [9.17, 15) is 14.7 Å². The van der Waals surface area contributed by atoms with Gasteiger partial charge in [-0.1, -0.05) is 18.2 Å². The lowest BCUT2D eigenvalue weighted by atomic mass is 10.0. The molecule has 6 heteroatoms. The number of ether oxygens (including phenoxy) is 1. The summed E-state index contributed by atoms with van der Waals surface area (Å²) in [7, 11) is 0. The van der Waals surface area contributed by atoms with E-state index in [0.29, 0.717) is 19.4 Å². The summed E-state index contributed by atoms with van der Waals surface area (Å²) in [6, 6.07) is 6.86. The van der Waals surface area contributed by atoms with Crippen molar-refractivity contribution in [2.45, 2.75) is 57.7 Å². The SMILES string of the molecule is C=CC[C@H](NC(=O)OC(C)(C)C)c1cccc(N2CCCC2C(=O)O)c1. The largest absolute Gasteiger partial charge is 0.480 e. The Bertz CT molecular complexity index is 666. The number of aliphatic carboxylic acids is 1. The van der Waals surface area contributed by atoms with Crippen molar-refractivity contribution in [3.05, 3.63) is 42.5 Å². The molecule has 1 unspecified atom stereocenters. The number of hydrogen-bond donors (Lipinski definition) is 2. The number of carboxylic acids is 1. The van der Waals surface area contributed by atoms with E-state index in [2.05, 4.69) is 11.9 Å². The summed E-state index contributed by atoms with van der Waals surface area (Å²) in [4.78, 5) is 25.5. The minimum absolute atomic E-state index is 0.284. The van der Waals surface area contributed by atoms with Crippen molar-refractivity contribution in [3.63, 3.8) is 0 Å². The molecule has 0 aromatic heterocycles. The maximum Gasteiger partial charge on any atom is 0.408 e. The molecule has 1 amide bonds. The summed E-state index contributed by atoms with van der Waals surface area (Å²) < 4.78 is 5.34. The molecule has 2 N–H and O–H groups in total. The second-order valence-electron chi connectivity index (χ2n) is 7.51. The Morgan fingerprint density at radius 1 is 1.46 bits per heavy atom. The van der Waals surface area contributed by atoms with Crippen molar-refractivity contribution >= 4 is 17.7 Å². The Kier molecular flexibility index (Phi) is 6.29. The van der Waals surface area contributed by atoms with Crippen LogP contribution in [0.5, 0.6) is 0 Å². The number of carbonyl (C=O) groups excluding carboxylic acids is 1. The van der Waals surface area contributed by atoms with Crippen LogP contribution in [0, 0.1) is 0 Å². The molecule has 6 nitrogen and oxygen atoms in total. The van der Waals surface area contributed by atoms with Crippen LogP contribution in [-0.4, -0.2) is 35.4 Å². The number of benzene rings is 1. The summed E-state index contributed by atoms with van der Waals surface area (Å²) in [6.45, 7) is 9.92. The van der Waals surface area contributed by atoms with E-state index in [1.165, 1.54) is 0 Å². The van der Waals surface area contributed by atoms with Crippen molar-refractivity contribution in [2.24, 2.45) is 0 Å². The molecule has 1 fully saturated rings. The molecule has 1 saturated heterocycles. The molecule has 1 aromatic carbocycles. The van der Waals surface area contributed by atoms with Crippen molar-refractivity contribution in [1.29, 1.82) is 0 Å². The smallest absolute Gasteiger partial charge is 0.408 e. The lowest BCUT2D eigenvalue weighted by Crippen LogP contribution is -2.36. The molecule has 2 rings (SSSR count). The second-order valence-corrected chi connectivity index (χ2v) is 7.51. The molecule has 0 radical (unpaired) electrons. The zero-order valence-electron chi connectivity index (χ0n) is 15.7. The highest BCUT2D eigenvalue weighted by molar-refractivity contribution is 5.79. The summed E-state index contributed by atoms with van der Waals surface area (Å²) in [5.41, 5.74) is 1.17. The standard InChI is InChI=1S/C20H28N2O4/c1-5-8-16(21-19(25)26-20(2,3)4)14-9-6-10-15(13-14)22-12-7-11-17(22)18(23)24/h5-6,9-10,13,16-17H,1,7-8,11-12H2,2-4H3,(H,21,25)(H,23,24)/t16-,17?/m0/s1. The van der Waals surface area contributed by atoms with Crippen LogP contribution in [0.4, 0.5) is 10.5 Å². The number of anilines is 1. The molecule has 142 valence electrons. The molecule has 0 bridgehead atoms. The highest BCUT2D eigenvalue weighted by Crippen LogP contribution is 2.29. The van der Waals surface area contributed by atoms with Gasteiger partial charge in [0.1, 0.15) is 11.6 Å². The number of carbonyl (C=O) groups is 2. The summed E-state index contributed by atoms with van der Waals surface area (Å²) in [6.07, 6.45) is 3.30. The molecule has 0 saturated carbocycles. The van der Waals surface area contributed by atoms with Crippen molar-refractivity contribution < 1.29 is 19.4 Å². The molecule has 1 heterocycles. The van der Waals surface area contributed by atoms with Gasteiger partial charge in [0.2, 0.25) is 0 Å². The van der Waals surface area contributed by atoms with Crippen molar-refractivity contribution in [2.75, 3.05) is 11.4 Å². The van der Waals surface area contributed by atoms with E-state index in [0.717, 1.165) is 17.7 Å². The maximum absolute atomic E-state index is 12.1. The van der Waals surface area contributed by atoms with Crippen LogP contribution in [0.15, 0.2) is 36.9 Å². The normalized spacial score (nSPS) is 18.3. The fraction of sp³-hybridized carbons (Fsp3) is 0.500. The average Bonchev–Trinajstić information content (AvgIpc) is 3.03. The number of alkyl carbamates (subject to hydrolysis) is 1. The van der Waals surface area contributed by atoms with Crippen LogP contribution >= 0.6 is 0 Å². The first-order chi connectivity index (χ1) is 12.2. The molecule has 1 aliphatic rings. The summed E-state index contributed by atoms with van der Waals surface area (Å²) in [5.74, 6) is -0.803. The minimum atomic E-state index is -0.803. The number of hydrogen-bond acceptors (Lipinski definition) is 4. The third kappa shape index (κ3) is 5.25. The monoisotopic (exact) mass is 360 g/mol. The lowest BCUT2D eigenvalue weighted by molar-refractivity contribution is -0.138. The molecule has 0 aliphatic carbocycles. The van der Waals surface area contributed by atoms with Crippen molar-refractivity contribution in [1.82, 2.24) is 5.32 Å². The van der Waals surface area contributed by atoms with Crippen LogP contribution in [0.1, 0.15) is 51.6 Å². The van der Waals surface area contributed by atoms with Gasteiger partial charge in [-0.15, -0.1) is 6.58 Å². The third-order valence-corrected chi connectivity index (χ3v) is 4.24. The van der Waals surface area contributed by atoms with Gasteiger partial charge in [-0.25, -0.2) is 9.59 Å². The van der Waals surface area contributed by atoms with E-state index in [1.54, 1.807) is 6.08 Å². The topological polar surface area (TPSA) is 78.9 Å². The Hall–Kier alpha value is -2.50. The number of nitrogens with zero attached hydrogens (tertiary/aromatic N) is 1. The van der Waals surface area contributed by atoms with Crippen LogP contribution in [0.2, 0.25) is 0 Å². The maximum atomic E-state index is 12.1. The van der Waals surface area contributed by atoms with Crippen LogP contribution in [-0.2, 0) is 9.53 Å². The number of amides is 1. The Morgan fingerprint density at radius 3 is 2.81 bits per heavy atom. The van der Waals surface area contributed by atoms with Gasteiger partial charge in [0.25, 0.3) is 0 Å². The summed E-state index contributed by atoms with van der Waals surface area (Å²) >= 11 is 0. The average molecular weight is 360 g/mol. The van der Waals surface area contributed by atoms with E-state index in [4.69, 9.17) is 4.74 Å². The quantitative estimate of drug-likeness (QED) is 0.753. The van der Waals surface area contributed by atoms with Crippen LogP contribution in [0.3, 0.4) is 0 Å². The number of rotatable bonds is 6. The van der Waals surface area contributed by atoms with E-state index < -0.39 is 23.7 Å². The van der Waals surface area contributed by atoms with Gasteiger partial charge in [-0.3, -0.25) is 0 Å². The number of nitrogens with one attached hydrogen (secondary N) is 1. The lowest BCUT2D eigenvalue weighted by Gasteiger charge is -2.26. The van der Waals surface area contributed by atoms with E-state index >= 15 is 0 Å². The number of carboxylic acid groups (broad SMARTS) is 1. The minimum Gasteiger partial charge on any atom is -0.480 e. The molecule has 0 spiro atoms. The van der Waals surface area contributed by atoms with E-state index in [-0.39, 0.29) is 6.04 Å². The fourth-order valence-corrected chi connectivity index (χ4v) is 3.15. The molecular weight excluding hydrogens is 332 g/mol. The van der Waals surface area contributed by atoms with Crippen LogP contribution in [0.25, 0.3) is 0 Å².